The average molecular weight is 477 g/mol. The van der Waals surface area contributed by atoms with E-state index < -0.39 is 23.5 Å². The Hall–Kier alpha value is -3.61. The molecule has 2 atom stereocenters. The number of amides is 2. The molecule has 0 bridgehead atoms. The van der Waals surface area contributed by atoms with Crippen molar-refractivity contribution in [3.05, 3.63) is 71.8 Å². The van der Waals surface area contributed by atoms with Crippen molar-refractivity contribution in [2.75, 3.05) is 13.2 Å². The highest BCUT2D eigenvalue weighted by atomic mass is 16.5. The second-order valence-electron chi connectivity index (χ2n) is 10.2. The summed E-state index contributed by atoms with van der Waals surface area (Å²) in [6.07, 6.45) is 4.10. The number of ether oxygens (including phenoxy) is 1. The van der Waals surface area contributed by atoms with Gasteiger partial charge in [0.2, 0.25) is 5.91 Å². The van der Waals surface area contributed by atoms with E-state index in [0.717, 1.165) is 11.1 Å². The lowest BCUT2D eigenvalue weighted by Crippen LogP contribution is -2.51. The van der Waals surface area contributed by atoms with Crippen LogP contribution in [0.4, 0.5) is 4.79 Å². The molecule has 2 aliphatic carbocycles. The third kappa shape index (κ3) is 5.39. The van der Waals surface area contributed by atoms with E-state index in [1.807, 2.05) is 57.2 Å². The van der Waals surface area contributed by atoms with Crippen molar-refractivity contribution >= 4 is 18.0 Å². The van der Waals surface area contributed by atoms with Gasteiger partial charge in [0.1, 0.15) is 13.2 Å². The molecule has 0 heterocycles. The number of carbonyl (C=O) groups excluding carboxylic acids is 2. The summed E-state index contributed by atoms with van der Waals surface area (Å²) in [6, 6.07) is 16.0. The Balaban J connectivity index is 1.37. The number of rotatable bonds is 6. The Morgan fingerprint density at radius 2 is 1.63 bits per heavy atom. The summed E-state index contributed by atoms with van der Waals surface area (Å²) in [4.78, 5) is 38.5. The molecule has 2 aliphatic rings. The summed E-state index contributed by atoms with van der Waals surface area (Å²) in [5, 5.41) is 12.1. The maximum absolute atomic E-state index is 13.1. The monoisotopic (exact) mass is 476 g/mol. The van der Waals surface area contributed by atoms with Gasteiger partial charge in [0, 0.05) is 17.4 Å². The lowest BCUT2D eigenvalue weighted by atomic mass is 9.88. The molecule has 0 radical (unpaired) electrons. The van der Waals surface area contributed by atoms with Gasteiger partial charge in [-0.25, -0.2) is 4.79 Å². The molecule has 7 heteroatoms. The van der Waals surface area contributed by atoms with Gasteiger partial charge in [-0.1, -0.05) is 60.7 Å². The van der Waals surface area contributed by atoms with Crippen LogP contribution in [0.1, 0.15) is 50.7 Å². The van der Waals surface area contributed by atoms with Crippen LogP contribution in [0.15, 0.2) is 60.7 Å². The van der Waals surface area contributed by atoms with Crippen molar-refractivity contribution in [3.8, 4) is 11.1 Å². The Bertz CT molecular complexity index is 1100. The molecule has 4 rings (SSSR count). The van der Waals surface area contributed by atoms with Crippen molar-refractivity contribution in [2.24, 2.45) is 5.92 Å². The fourth-order valence-electron chi connectivity index (χ4n) is 4.99. The zero-order valence-corrected chi connectivity index (χ0v) is 20.4. The molecule has 2 aromatic carbocycles. The van der Waals surface area contributed by atoms with E-state index in [1.54, 1.807) is 0 Å². The van der Waals surface area contributed by atoms with Crippen LogP contribution in [0.25, 0.3) is 11.1 Å². The zero-order valence-electron chi connectivity index (χ0n) is 20.4. The molecule has 184 valence electrons. The predicted octanol–water partition coefficient (Wildman–Crippen LogP) is 4.57. The zero-order chi connectivity index (χ0) is 25.2. The number of nitrogens with zero attached hydrogens (tertiary/aromatic N) is 1. The summed E-state index contributed by atoms with van der Waals surface area (Å²) in [5.41, 5.74) is 4.00. The smallest absolute Gasteiger partial charge is 0.407 e. The lowest BCUT2D eigenvalue weighted by molar-refractivity contribution is -0.150. The van der Waals surface area contributed by atoms with Gasteiger partial charge in [-0.15, -0.1) is 0 Å². The topological polar surface area (TPSA) is 95.9 Å². The van der Waals surface area contributed by atoms with Gasteiger partial charge in [0.15, 0.2) is 0 Å². The maximum Gasteiger partial charge on any atom is 0.407 e. The Kier molecular flexibility index (Phi) is 6.96. The summed E-state index contributed by atoms with van der Waals surface area (Å²) >= 11 is 0. The largest absolute Gasteiger partial charge is 0.480 e. The van der Waals surface area contributed by atoms with E-state index in [2.05, 4.69) is 29.6 Å². The minimum atomic E-state index is -1.05. The fraction of sp³-hybridized carbons (Fsp3) is 0.393. The van der Waals surface area contributed by atoms with Crippen LogP contribution < -0.4 is 5.32 Å². The fourth-order valence-corrected chi connectivity index (χ4v) is 4.99. The SMILES string of the molecule is CC(C)(C)N(CC(=O)O)C(=O)[C@@H]1CC=C[C@@H](NC(=O)OCC2c3ccccc3-c3ccccc32)C1. The van der Waals surface area contributed by atoms with Gasteiger partial charge in [0.25, 0.3) is 0 Å². The van der Waals surface area contributed by atoms with Crippen LogP contribution in [0, 0.1) is 5.92 Å². The third-order valence-electron chi connectivity index (χ3n) is 6.69. The number of carboxylic acids is 1. The predicted molar refractivity (Wildman–Crippen MR) is 133 cm³/mol. The van der Waals surface area contributed by atoms with Gasteiger partial charge in [-0.2, -0.15) is 0 Å². The van der Waals surface area contributed by atoms with Crippen LogP contribution in [0.3, 0.4) is 0 Å². The molecular formula is C28H32N2O5. The summed E-state index contributed by atoms with van der Waals surface area (Å²) in [7, 11) is 0. The minimum Gasteiger partial charge on any atom is -0.480 e. The molecule has 2 amide bonds. The highest BCUT2D eigenvalue weighted by Gasteiger charge is 2.35. The first kappa shape index (κ1) is 24.5. The van der Waals surface area contributed by atoms with Crippen molar-refractivity contribution in [1.29, 1.82) is 0 Å². The molecule has 0 unspecified atom stereocenters. The van der Waals surface area contributed by atoms with E-state index in [0.29, 0.717) is 12.8 Å². The standard InChI is InChI=1S/C28H32N2O5/c1-28(2,3)30(16-25(31)32)26(33)18-9-8-10-19(15-18)29-27(34)35-17-24-22-13-6-4-11-20(22)21-12-5-7-14-23(21)24/h4-8,10-14,18-19,24H,9,15-17H2,1-3H3,(H,29,34)(H,31,32)/t18-,19-/m1/s1. The first-order valence-electron chi connectivity index (χ1n) is 12.0. The Morgan fingerprint density at radius 1 is 1.03 bits per heavy atom. The van der Waals surface area contributed by atoms with E-state index in [1.165, 1.54) is 16.0 Å². The summed E-state index contributed by atoms with van der Waals surface area (Å²) in [6.45, 7) is 5.32. The number of hydrogen-bond acceptors (Lipinski definition) is 4. The first-order valence-corrected chi connectivity index (χ1v) is 12.0. The van der Waals surface area contributed by atoms with E-state index in [-0.39, 0.29) is 31.0 Å². The minimum absolute atomic E-state index is 0.0271. The number of fused-ring (bicyclic) bond motifs is 3. The normalized spacial score (nSPS) is 18.9. The number of carboxylic acid groups (broad SMARTS) is 1. The number of benzene rings is 2. The van der Waals surface area contributed by atoms with Gasteiger partial charge < -0.3 is 20.1 Å². The molecule has 0 fully saturated rings. The molecule has 2 N–H and O–H groups in total. The highest BCUT2D eigenvalue weighted by molar-refractivity contribution is 5.84. The first-order chi connectivity index (χ1) is 16.6. The number of aliphatic carboxylic acids is 1. The Morgan fingerprint density at radius 3 is 2.20 bits per heavy atom. The van der Waals surface area contributed by atoms with Gasteiger partial charge in [-0.05, 0) is 55.9 Å². The molecule has 0 saturated carbocycles. The van der Waals surface area contributed by atoms with E-state index in [9.17, 15) is 19.5 Å². The quantitative estimate of drug-likeness (QED) is 0.596. The number of carbonyl (C=O) groups is 3. The number of alkyl carbamates (subject to hydrolysis) is 1. The molecule has 0 saturated heterocycles. The third-order valence-corrected chi connectivity index (χ3v) is 6.69. The van der Waals surface area contributed by atoms with Crippen molar-refractivity contribution in [2.45, 2.75) is 51.1 Å². The molecular weight excluding hydrogens is 444 g/mol. The molecule has 0 aliphatic heterocycles. The van der Waals surface area contributed by atoms with Crippen molar-refractivity contribution < 1.29 is 24.2 Å². The van der Waals surface area contributed by atoms with Crippen LogP contribution >= 0.6 is 0 Å². The lowest BCUT2D eigenvalue weighted by Gasteiger charge is -2.38. The molecule has 2 aromatic rings. The van der Waals surface area contributed by atoms with Crippen molar-refractivity contribution in [3.63, 3.8) is 0 Å². The summed E-state index contributed by atoms with van der Waals surface area (Å²) in [5.74, 6) is -1.70. The summed E-state index contributed by atoms with van der Waals surface area (Å²) < 4.78 is 5.64. The number of nitrogens with one attached hydrogen (secondary N) is 1. The van der Waals surface area contributed by atoms with Gasteiger partial charge >= 0.3 is 12.1 Å². The molecule has 0 spiro atoms. The van der Waals surface area contributed by atoms with Crippen LogP contribution in [0.2, 0.25) is 0 Å². The number of hydrogen-bond donors (Lipinski definition) is 2. The van der Waals surface area contributed by atoms with E-state index >= 15 is 0 Å². The Labute approximate surface area is 205 Å². The second kappa shape index (κ2) is 9.94. The highest BCUT2D eigenvalue weighted by Crippen LogP contribution is 2.44. The van der Waals surface area contributed by atoms with E-state index in [4.69, 9.17) is 4.74 Å². The maximum atomic E-state index is 13.1. The molecule has 35 heavy (non-hydrogen) atoms. The van der Waals surface area contributed by atoms with Gasteiger partial charge in [0.05, 0.1) is 6.04 Å². The van der Waals surface area contributed by atoms with Crippen LogP contribution in [-0.2, 0) is 14.3 Å². The van der Waals surface area contributed by atoms with Crippen molar-refractivity contribution in [1.82, 2.24) is 10.2 Å². The van der Waals surface area contributed by atoms with Crippen LogP contribution in [0.5, 0.6) is 0 Å². The van der Waals surface area contributed by atoms with Gasteiger partial charge in [-0.3, -0.25) is 9.59 Å². The molecule has 7 nitrogen and oxygen atoms in total. The second-order valence-corrected chi connectivity index (χ2v) is 10.2. The number of allylic oxidation sites excluding steroid dienone is 1. The van der Waals surface area contributed by atoms with Crippen LogP contribution in [-0.4, -0.2) is 52.7 Å². The average Bonchev–Trinajstić information content (AvgIpc) is 3.14. The molecule has 0 aromatic heterocycles.